The lowest BCUT2D eigenvalue weighted by Crippen LogP contribution is -2.23. The van der Waals surface area contributed by atoms with E-state index >= 15 is 0 Å². The molecule has 0 atom stereocenters. The number of nitrogens with two attached hydrogens (primary N) is 1. The SMILES string of the molecule is CCNS(=O)(=O)c1ccc(N)c(NCc2ccc(Cl)s2)c1. The summed E-state index contributed by atoms with van der Waals surface area (Å²) in [7, 11) is -3.49. The van der Waals surface area contributed by atoms with Crippen molar-refractivity contribution in [1.82, 2.24) is 4.72 Å². The summed E-state index contributed by atoms with van der Waals surface area (Å²) in [4.78, 5) is 1.23. The Bertz CT molecular complexity index is 729. The van der Waals surface area contributed by atoms with Gasteiger partial charge in [0.2, 0.25) is 10.0 Å². The first-order valence-electron chi connectivity index (χ1n) is 6.29. The first-order valence-corrected chi connectivity index (χ1v) is 8.97. The molecular weight excluding hydrogens is 330 g/mol. The van der Waals surface area contributed by atoms with Gasteiger partial charge in [0, 0.05) is 18.0 Å². The predicted octanol–water partition coefficient (Wildman–Crippen LogP) is 2.89. The van der Waals surface area contributed by atoms with Crippen molar-refractivity contribution in [3.63, 3.8) is 0 Å². The molecule has 5 nitrogen and oxygen atoms in total. The van der Waals surface area contributed by atoms with Crippen molar-refractivity contribution in [3.05, 3.63) is 39.5 Å². The molecule has 1 aromatic heterocycles. The van der Waals surface area contributed by atoms with E-state index in [4.69, 9.17) is 17.3 Å². The molecule has 114 valence electrons. The Morgan fingerprint density at radius 3 is 2.67 bits per heavy atom. The van der Waals surface area contributed by atoms with E-state index in [0.717, 1.165) is 4.88 Å². The van der Waals surface area contributed by atoms with E-state index in [-0.39, 0.29) is 4.90 Å². The molecule has 0 aliphatic carbocycles. The van der Waals surface area contributed by atoms with Gasteiger partial charge in [0.05, 0.1) is 20.6 Å². The second kappa shape index (κ2) is 6.65. The van der Waals surface area contributed by atoms with Crippen LogP contribution in [-0.4, -0.2) is 15.0 Å². The summed E-state index contributed by atoms with van der Waals surface area (Å²) in [5, 5.41) is 3.13. The van der Waals surface area contributed by atoms with Crippen LogP contribution in [0, 0.1) is 0 Å². The molecule has 0 saturated heterocycles. The topological polar surface area (TPSA) is 84.2 Å². The lowest BCUT2D eigenvalue weighted by molar-refractivity contribution is 0.584. The standard InChI is InChI=1S/C13H16ClN3O2S2/c1-2-17-21(18,19)10-4-5-11(15)12(7-10)16-8-9-3-6-13(14)20-9/h3-7,16-17H,2,8,15H2,1H3. The quantitative estimate of drug-likeness (QED) is 0.703. The molecule has 8 heteroatoms. The lowest BCUT2D eigenvalue weighted by atomic mass is 10.2. The number of sulfonamides is 1. The Kier molecular flexibility index (Phi) is 5.10. The molecule has 1 heterocycles. The number of benzene rings is 1. The molecule has 0 spiro atoms. The van der Waals surface area contributed by atoms with Gasteiger partial charge in [-0.1, -0.05) is 18.5 Å². The van der Waals surface area contributed by atoms with Crippen molar-refractivity contribution in [2.75, 3.05) is 17.6 Å². The largest absolute Gasteiger partial charge is 0.397 e. The average Bonchev–Trinajstić information content (AvgIpc) is 2.83. The molecule has 2 rings (SSSR count). The van der Waals surface area contributed by atoms with Crippen LogP contribution >= 0.6 is 22.9 Å². The summed E-state index contributed by atoms with van der Waals surface area (Å²) < 4.78 is 27.1. The number of thiophene rings is 1. The fourth-order valence-electron chi connectivity index (χ4n) is 1.76. The molecule has 1 aromatic carbocycles. The van der Waals surface area contributed by atoms with E-state index in [0.29, 0.717) is 28.8 Å². The summed E-state index contributed by atoms with van der Waals surface area (Å²) >= 11 is 7.33. The molecule has 0 bridgehead atoms. The van der Waals surface area contributed by atoms with Crippen LogP contribution in [-0.2, 0) is 16.6 Å². The maximum Gasteiger partial charge on any atom is 0.240 e. The van der Waals surface area contributed by atoms with E-state index in [9.17, 15) is 8.42 Å². The predicted molar refractivity (Wildman–Crippen MR) is 88.4 cm³/mol. The minimum Gasteiger partial charge on any atom is -0.397 e. The zero-order valence-corrected chi connectivity index (χ0v) is 13.8. The van der Waals surface area contributed by atoms with E-state index in [1.165, 1.54) is 23.5 Å². The fraction of sp³-hybridized carbons (Fsp3) is 0.231. The molecule has 0 amide bonds. The third-order valence-electron chi connectivity index (χ3n) is 2.75. The Morgan fingerprint density at radius 1 is 1.29 bits per heavy atom. The van der Waals surface area contributed by atoms with Gasteiger partial charge in [0.25, 0.3) is 0 Å². The number of halogens is 1. The van der Waals surface area contributed by atoms with Crippen molar-refractivity contribution in [2.45, 2.75) is 18.4 Å². The maximum atomic E-state index is 12.0. The highest BCUT2D eigenvalue weighted by molar-refractivity contribution is 7.89. The van der Waals surface area contributed by atoms with Crippen molar-refractivity contribution < 1.29 is 8.42 Å². The van der Waals surface area contributed by atoms with E-state index in [1.807, 2.05) is 12.1 Å². The van der Waals surface area contributed by atoms with Gasteiger partial charge in [-0.2, -0.15) is 0 Å². The number of hydrogen-bond acceptors (Lipinski definition) is 5. The van der Waals surface area contributed by atoms with E-state index in [2.05, 4.69) is 10.0 Å². The molecule has 21 heavy (non-hydrogen) atoms. The monoisotopic (exact) mass is 345 g/mol. The van der Waals surface area contributed by atoms with Crippen LogP contribution in [0.2, 0.25) is 4.34 Å². The summed E-state index contributed by atoms with van der Waals surface area (Å²) in [6.45, 7) is 2.60. The smallest absolute Gasteiger partial charge is 0.240 e. The third-order valence-corrected chi connectivity index (χ3v) is 5.53. The summed E-state index contributed by atoms with van der Waals surface area (Å²) in [5.74, 6) is 0. The van der Waals surface area contributed by atoms with Crippen molar-refractivity contribution in [2.24, 2.45) is 0 Å². The van der Waals surface area contributed by atoms with Crippen LogP contribution in [0.5, 0.6) is 0 Å². The van der Waals surface area contributed by atoms with Crippen LogP contribution in [0.1, 0.15) is 11.8 Å². The normalized spacial score (nSPS) is 11.5. The Balaban J connectivity index is 2.19. The number of nitrogen functional groups attached to an aromatic ring is 1. The van der Waals surface area contributed by atoms with Crippen LogP contribution in [0.3, 0.4) is 0 Å². The number of nitrogens with one attached hydrogen (secondary N) is 2. The zero-order valence-electron chi connectivity index (χ0n) is 11.4. The first kappa shape index (κ1) is 16.1. The highest BCUT2D eigenvalue weighted by atomic mass is 35.5. The molecule has 0 unspecified atom stereocenters. The van der Waals surface area contributed by atoms with E-state index < -0.39 is 10.0 Å². The Morgan fingerprint density at radius 2 is 2.05 bits per heavy atom. The molecule has 0 fully saturated rings. The molecular formula is C13H16ClN3O2S2. The highest BCUT2D eigenvalue weighted by Crippen LogP contribution is 2.26. The van der Waals surface area contributed by atoms with Crippen LogP contribution in [0.25, 0.3) is 0 Å². The summed E-state index contributed by atoms with van der Waals surface area (Å²) in [5.41, 5.74) is 6.95. The minimum absolute atomic E-state index is 0.185. The second-order valence-electron chi connectivity index (χ2n) is 4.31. The van der Waals surface area contributed by atoms with Crippen molar-refractivity contribution >= 4 is 44.3 Å². The number of rotatable bonds is 6. The third kappa shape index (κ3) is 4.10. The number of hydrogen-bond donors (Lipinski definition) is 3. The molecule has 0 aliphatic rings. The summed E-state index contributed by atoms with van der Waals surface area (Å²) in [6, 6.07) is 8.32. The van der Waals surface area contributed by atoms with Crippen LogP contribution in [0.15, 0.2) is 35.2 Å². The van der Waals surface area contributed by atoms with Crippen molar-refractivity contribution in [3.8, 4) is 0 Å². The minimum atomic E-state index is -3.49. The van der Waals surface area contributed by atoms with Gasteiger partial charge in [-0.05, 0) is 30.3 Å². The maximum absolute atomic E-state index is 12.0. The van der Waals surface area contributed by atoms with Gasteiger partial charge >= 0.3 is 0 Å². The van der Waals surface area contributed by atoms with E-state index in [1.54, 1.807) is 13.0 Å². The fourth-order valence-corrected chi connectivity index (χ4v) is 3.85. The molecule has 0 radical (unpaired) electrons. The summed E-state index contributed by atoms with van der Waals surface area (Å²) in [6.07, 6.45) is 0. The second-order valence-corrected chi connectivity index (χ2v) is 7.88. The molecule has 0 aliphatic heterocycles. The van der Waals surface area contributed by atoms with Gasteiger partial charge in [-0.3, -0.25) is 0 Å². The van der Waals surface area contributed by atoms with Gasteiger partial charge in [0.15, 0.2) is 0 Å². The molecule has 4 N–H and O–H groups in total. The van der Waals surface area contributed by atoms with Gasteiger partial charge < -0.3 is 11.1 Å². The zero-order chi connectivity index (χ0) is 15.5. The number of anilines is 2. The Labute approximate surface area is 133 Å². The van der Waals surface area contributed by atoms with Crippen molar-refractivity contribution in [1.29, 1.82) is 0 Å². The van der Waals surface area contributed by atoms with Crippen LogP contribution < -0.4 is 15.8 Å². The first-order chi connectivity index (χ1) is 9.92. The molecule has 2 aromatic rings. The molecule has 0 saturated carbocycles. The van der Waals surface area contributed by atoms with Gasteiger partial charge in [-0.25, -0.2) is 13.1 Å². The lowest BCUT2D eigenvalue weighted by Gasteiger charge is -2.11. The van der Waals surface area contributed by atoms with Gasteiger partial charge in [-0.15, -0.1) is 11.3 Å². The van der Waals surface area contributed by atoms with Crippen LogP contribution in [0.4, 0.5) is 11.4 Å². The highest BCUT2D eigenvalue weighted by Gasteiger charge is 2.14. The average molecular weight is 346 g/mol. The Hall–Kier alpha value is -1.28. The van der Waals surface area contributed by atoms with Gasteiger partial charge in [0.1, 0.15) is 0 Å².